The van der Waals surface area contributed by atoms with Gasteiger partial charge in [-0.3, -0.25) is 9.59 Å². The Morgan fingerprint density at radius 2 is 1.38 bits per heavy atom. The van der Waals surface area contributed by atoms with Crippen LogP contribution in [-0.4, -0.2) is 32.0 Å². The van der Waals surface area contributed by atoms with Gasteiger partial charge in [0.1, 0.15) is 5.75 Å². The topological polar surface area (TPSA) is 67.4 Å². The Bertz CT molecular complexity index is 684. The van der Waals surface area contributed by atoms with Crippen LogP contribution in [0.2, 0.25) is 0 Å². The SMILES string of the molecule is COc1ccc(CCNC(=O)C(=O)NCCCCc2ccccc2)cc1. The number of nitrogens with one attached hydrogen (secondary N) is 2. The summed E-state index contributed by atoms with van der Waals surface area (Å²) in [6.07, 6.45) is 3.47. The van der Waals surface area contributed by atoms with E-state index in [0.717, 1.165) is 30.6 Å². The average molecular weight is 354 g/mol. The van der Waals surface area contributed by atoms with Crippen molar-refractivity contribution in [2.75, 3.05) is 20.2 Å². The summed E-state index contributed by atoms with van der Waals surface area (Å²) in [5, 5.41) is 5.31. The predicted molar refractivity (Wildman–Crippen MR) is 102 cm³/mol. The van der Waals surface area contributed by atoms with E-state index in [1.54, 1.807) is 7.11 Å². The molecule has 0 aliphatic heterocycles. The fraction of sp³-hybridized carbons (Fsp3) is 0.333. The van der Waals surface area contributed by atoms with Crippen molar-refractivity contribution < 1.29 is 14.3 Å². The van der Waals surface area contributed by atoms with E-state index in [-0.39, 0.29) is 0 Å². The highest BCUT2D eigenvalue weighted by atomic mass is 16.5. The highest BCUT2D eigenvalue weighted by Crippen LogP contribution is 2.11. The molecule has 0 atom stereocenters. The molecule has 2 N–H and O–H groups in total. The van der Waals surface area contributed by atoms with Gasteiger partial charge in [0.05, 0.1) is 7.11 Å². The summed E-state index contributed by atoms with van der Waals surface area (Å²) in [6.45, 7) is 0.935. The summed E-state index contributed by atoms with van der Waals surface area (Å²) >= 11 is 0. The summed E-state index contributed by atoms with van der Waals surface area (Å²) in [5.41, 5.74) is 2.36. The van der Waals surface area contributed by atoms with Crippen molar-refractivity contribution >= 4 is 11.8 Å². The highest BCUT2D eigenvalue weighted by molar-refractivity contribution is 6.35. The van der Waals surface area contributed by atoms with E-state index in [2.05, 4.69) is 22.8 Å². The van der Waals surface area contributed by atoms with Crippen molar-refractivity contribution in [2.45, 2.75) is 25.7 Å². The van der Waals surface area contributed by atoms with Crippen LogP contribution in [0, 0.1) is 0 Å². The minimum absolute atomic E-state index is 0.423. The molecule has 0 saturated heterocycles. The van der Waals surface area contributed by atoms with Crippen LogP contribution >= 0.6 is 0 Å². The van der Waals surface area contributed by atoms with Crippen LogP contribution in [0.25, 0.3) is 0 Å². The van der Waals surface area contributed by atoms with E-state index in [1.165, 1.54) is 5.56 Å². The lowest BCUT2D eigenvalue weighted by Gasteiger charge is -2.07. The molecule has 0 aromatic heterocycles. The van der Waals surface area contributed by atoms with E-state index < -0.39 is 11.8 Å². The lowest BCUT2D eigenvalue weighted by molar-refractivity contribution is -0.139. The molecule has 0 aliphatic rings. The number of benzene rings is 2. The molecule has 0 heterocycles. The van der Waals surface area contributed by atoms with E-state index in [9.17, 15) is 9.59 Å². The number of amides is 2. The fourth-order valence-electron chi connectivity index (χ4n) is 2.57. The first-order valence-corrected chi connectivity index (χ1v) is 8.92. The van der Waals surface area contributed by atoms with Gasteiger partial charge in [-0.2, -0.15) is 0 Å². The number of aryl methyl sites for hydroxylation is 1. The van der Waals surface area contributed by atoms with Crippen LogP contribution in [0.5, 0.6) is 5.75 Å². The molecule has 0 radical (unpaired) electrons. The number of rotatable bonds is 9. The third kappa shape index (κ3) is 6.97. The lowest BCUT2D eigenvalue weighted by atomic mass is 10.1. The fourth-order valence-corrected chi connectivity index (χ4v) is 2.57. The maximum Gasteiger partial charge on any atom is 0.309 e. The quantitative estimate of drug-likeness (QED) is 0.537. The summed E-state index contributed by atoms with van der Waals surface area (Å²) in [4.78, 5) is 23.5. The molecular formula is C21H26N2O3. The van der Waals surface area contributed by atoms with Crippen LogP contribution in [0.4, 0.5) is 0 Å². The van der Waals surface area contributed by atoms with Gasteiger partial charge < -0.3 is 15.4 Å². The third-order valence-electron chi connectivity index (χ3n) is 4.09. The molecule has 26 heavy (non-hydrogen) atoms. The first-order chi connectivity index (χ1) is 12.7. The van der Waals surface area contributed by atoms with E-state index in [4.69, 9.17) is 4.74 Å². The van der Waals surface area contributed by atoms with E-state index in [1.807, 2.05) is 42.5 Å². The zero-order chi connectivity index (χ0) is 18.6. The monoisotopic (exact) mass is 354 g/mol. The number of hydrogen-bond acceptors (Lipinski definition) is 3. The van der Waals surface area contributed by atoms with E-state index >= 15 is 0 Å². The number of carbonyl (C=O) groups is 2. The van der Waals surface area contributed by atoms with Crippen molar-refractivity contribution in [1.29, 1.82) is 0 Å². The first kappa shape index (κ1) is 19.5. The van der Waals surface area contributed by atoms with Crippen LogP contribution < -0.4 is 15.4 Å². The maximum absolute atomic E-state index is 11.8. The number of methoxy groups -OCH3 is 1. The smallest absolute Gasteiger partial charge is 0.309 e. The Hall–Kier alpha value is -2.82. The van der Waals surface area contributed by atoms with Gasteiger partial charge >= 0.3 is 11.8 Å². The summed E-state index contributed by atoms with van der Waals surface area (Å²) in [6, 6.07) is 17.9. The van der Waals surface area contributed by atoms with Crippen LogP contribution in [-0.2, 0) is 22.4 Å². The molecule has 2 aromatic carbocycles. The maximum atomic E-state index is 11.8. The number of hydrogen-bond donors (Lipinski definition) is 2. The largest absolute Gasteiger partial charge is 0.497 e. The van der Waals surface area contributed by atoms with Gasteiger partial charge in [0.2, 0.25) is 0 Å². The zero-order valence-electron chi connectivity index (χ0n) is 15.2. The number of carbonyl (C=O) groups excluding carboxylic acids is 2. The molecule has 138 valence electrons. The Morgan fingerprint density at radius 1 is 0.769 bits per heavy atom. The number of unbranched alkanes of at least 4 members (excludes halogenated alkanes) is 1. The Morgan fingerprint density at radius 3 is 2.04 bits per heavy atom. The summed E-state index contributed by atoms with van der Waals surface area (Å²) in [7, 11) is 1.62. The summed E-state index contributed by atoms with van der Waals surface area (Å²) < 4.78 is 5.10. The molecule has 0 bridgehead atoms. The second kappa shape index (κ2) is 10.9. The van der Waals surface area contributed by atoms with Gasteiger partial charge in [-0.05, 0) is 48.9 Å². The molecule has 0 saturated carbocycles. The van der Waals surface area contributed by atoms with Crippen molar-refractivity contribution in [2.24, 2.45) is 0 Å². The second-order valence-corrected chi connectivity index (χ2v) is 6.05. The standard InChI is InChI=1S/C21H26N2O3/c1-26-19-12-10-18(11-13-19)14-16-23-21(25)20(24)22-15-6-5-9-17-7-3-2-4-8-17/h2-4,7-8,10-13H,5-6,9,14-16H2,1H3,(H,22,24)(H,23,25). The summed E-state index contributed by atoms with van der Waals surface area (Å²) in [5.74, 6) is -0.356. The molecule has 2 aromatic rings. The highest BCUT2D eigenvalue weighted by Gasteiger charge is 2.11. The minimum atomic E-state index is -0.582. The Labute approximate surface area is 154 Å². The molecule has 2 rings (SSSR count). The molecule has 0 unspecified atom stereocenters. The van der Waals surface area contributed by atoms with Crippen molar-refractivity contribution in [3.63, 3.8) is 0 Å². The Kier molecular flexibility index (Phi) is 8.19. The third-order valence-corrected chi connectivity index (χ3v) is 4.09. The lowest BCUT2D eigenvalue weighted by Crippen LogP contribution is -2.41. The molecule has 5 nitrogen and oxygen atoms in total. The van der Waals surface area contributed by atoms with Crippen molar-refractivity contribution in [3.05, 3.63) is 65.7 Å². The van der Waals surface area contributed by atoms with Gasteiger partial charge in [-0.25, -0.2) is 0 Å². The minimum Gasteiger partial charge on any atom is -0.497 e. The van der Waals surface area contributed by atoms with Gasteiger partial charge in [0.15, 0.2) is 0 Å². The Balaban J connectivity index is 1.56. The molecule has 0 fully saturated rings. The second-order valence-electron chi connectivity index (χ2n) is 6.05. The molecule has 0 spiro atoms. The van der Waals surface area contributed by atoms with Crippen LogP contribution in [0.1, 0.15) is 24.0 Å². The van der Waals surface area contributed by atoms with E-state index in [0.29, 0.717) is 19.5 Å². The van der Waals surface area contributed by atoms with Gasteiger partial charge in [-0.15, -0.1) is 0 Å². The van der Waals surface area contributed by atoms with Gasteiger partial charge in [-0.1, -0.05) is 42.5 Å². The van der Waals surface area contributed by atoms with Gasteiger partial charge in [0.25, 0.3) is 0 Å². The van der Waals surface area contributed by atoms with Crippen LogP contribution in [0.15, 0.2) is 54.6 Å². The number of ether oxygens (including phenoxy) is 1. The molecule has 5 heteroatoms. The molecular weight excluding hydrogens is 328 g/mol. The average Bonchev–Trinajstić information content (AvgIpc) is 2.68. The molecule has 0 aliphatic carbocycles. The van der Waals surface area contributed by atoms with Crippen molar-refractivity contribution in [3.8, 4) is 5.75 Å². The normalized spacial score (nSPS) is 10.2. The van der Waals surface area contributed by atoms with Crippen LogP contribution in [0.3, 0.4) is 0 Å². The van der Waals surface area contributed by atoms with Gasteiger partial charge in [0, 0.05) is 13.1 Å². The van der Waals surface area contributed by atoms with Crippen molar-refractivity contribution in [1.82, 2.24) is 10.6 Å². The molecule has 2 amide bonds. The zero-order valence-corrected chi connectivity index (χ0v) is 15.2. The first-order valence-electron chi connectivity index (χ1n) is 8.92. The predicted octanol–water partition coefficient (Wildman–Crippen LogP) is 2.49.